The van der Waals surface area contributed by atoms with E-state index >= 15 is 0 Å². The van der Waals surface area contributed by atoms with Crippen molar-refractivity contribution in [2.75, 3.05) is 62.4 Å². The van der Waals surface area contributed by atoms with Gasteiger partial charge >= 0.3 is 11.9 Å². The summed E-state index contributed by atoms with van der Waals surface area (Å²) in [6, 6.07) is 29.5. The standard InChI is InChI=1S/C62H76N6O20S2/c1-37(69)67-51-45(71)33-61(59(81)82,87-55(51)53(77)47(73)35-65-57(79)43-19-15-41(16-20-43)39-11-5-3-6-12-39)85-27-9-29-89-31-25-63-49(75)23-24-50(76)64-26-32-90-30-10-28-86-62(60(83)84)34-46(72)52(68-38(2)70)56(88-62)54(78)48(74)36-66-58(80)44-21-17-42(18-22-44)40-13-7-4-8-14-40/h3-8,11-22,45-48,51-56,71-74,77-78H,9-10,25-36H2,1-2H3,(H,63,75)(H,64,76)(H,65,79)(H,66,80)(H,67,69)(H,68,70)(H,81,82)(H,83,84)/t45-,46-,47+,48+,51+,52+,53?,54?,55+,56+,61+,62+/m0/s1. The molecule has 2 heterocycles. The van der Waals surface area contributed by atoms with E-state index in [0.717, 1.165) is 36.1 Å². The Hall–Kier alpha value is -7.50. The van der Waals surface area contributed by atoms with Crippen LogP contribution in [-0.4, -0.2) is 223 Å². The van der Waals surface area contributed by atoms with Crippen molar-refractivity contribution in [1.29, 1.82) is 0 Å². The molecule has 6 amide bonds. The van der Waals surface area contributed by atoms with Gasteiger partial charge in [0.15, 0.2) is 0 Å². The Morgan fingerprint density at radius 3 is 1.20 bits per heavy atom. The molecule has 2 saturated heterocycles. The number of hydrogen-bond acceptors (Lipinski definition) is 20. The Morgan fingerprint density at radius 2 is 0.867 bits per heavy atom. The third-order valence-electron chi connectivity index (χ3n) is 14.3. The second-order valence-corrected chi connectivity index (χ2v) is 23.5. The molecule has 12 atom stereocenters. The Morgan fingerprint density at radius 1 is 0.522 bits per heavy atom. The number of carboxylic acid groups (broad SMARTS) is 2. The predicted octanol–water partition coefficient (Wildman–Crippen LogP) is 0.0104. The van der Waals surface area contributed by atoms with E-state index in [1.807, 2.05) is 60.7 Å². The van der Waals surface area contributed by atoms with Gasteiger partial charge in [0, 0.05) is 87.3 Å². The summed E-state index contributed by atoms with van der Waals surface area (Å²) in [5.41, 5.74) is 4.13. The molecule has 4 aromatic rings. The molecule has 0 bridgehead atoms. The minimum atomic E-state index is -2.51. The lowest BCUT2D eigenvalue weighted by Crippen LogP contribution is -2.68. The average Bonchev–Trinajstić information content (AvgIpc) is 0.867. The SMILES string of the molecule is CC(=O)N[C@@H]1[C@@H](O)C[C@](OCCCSCCNC(=O)C#CC(=O)NCCSCCCO[C@]2(C(=O)O)C[C@H](O)[C@@H](NC(C)=O)[C@H](C(O)[C@H](O)CNC(=O)c3ccc(-c4ccccc4)cc3)O2)(C(=O)O)O[C@H]1C(O)[C@H](O)CNC(=O)c1ccc(-c2ccccc2)cc1. The molecule has 0 aliphatic carbocycles. The van der Waals surface area contributed by atoms with Gasteiger partial charge in [-0.15, -0.1) is 0 Å². The van der Waals surface area contributed by atoms with Crippen molar-refractivity contribution < 1.29 is 98.2 Å². The van der Waals surface area contributed by atoms with Crippen molar-refractivity contribution in [2.45, 2.75) is 112 Å². The fourth-order valence-electron chi connectivity index (χ4n) is 9.74. The molecule has 14 N–H and O–H groups in total. The van der Waals surface area contributed by atoms with Gasteiger partial charge in [-0.2, -0.15) is 23.5 Å². The first kappa shape index (κ1) is 71.6. The van der Waals surface area contributed by atoms with Gasteiger partial charge < -0.3 is 91.7 Å². The van der Waals surface area contributed by atoms with Crippen molar-refractivity contribution in [3.63, 3.8) is 0 Å². The molecule has 4 aromatic carbocycles. The van der Waals surface area contributed by atoms with Crippen LogP contribution in [-0.2, 0) is 47.7 Å². The predicted molar refractivity (Wildman–Crippen MR) is 329 cm³/mol. The van der Waals surface area contributed by atoms with Crippen LogP contribution in [0.4, 0.5) is 0 Å². The van der Waals surface area contributed by atoms with Gasteiger partial charge in [0.25, 0.3) is 35.2 Å². The quantitative estimate of drug-likeness (QED) is 0.0226. The Balaban J connectivity index is 0.852. The van der Waals surface area contributed by atoms with Crippen LogP contribution in [0, 0.1) is 11.8 Å². The van der Waals surface area contributed by atoms with Crippen molar-refractivity contribution in [2.24, 2.45) is 0 Å². The summed E-state index contributed by atoms with van der Waals surface area (Å²) in [6.07, 6.45) is -14.9. The van der Waals surface area contributed by atoms with E-state index in [0.29, 0.717) is 23.0 Å². The van der Waals surface area contributed by atoms with Crippen LogP contribution in [0.15, 0.2) is 109 Å². The molecule has 2 fully saturated rings. The minimum Gasteiger partial charge on any atom is -0.477 e. The average molecular weight is 1290 g/mol. The number of thioether (sulfide) groups is 2. The number of hydrogen-bond donors (Lipinski definition) is 14. The number of aliphatic hydroxyl groups is 6. The molecule has 26 nitrogen and oxygen atoms in total. The van der Waals surface area contributed by atoms with Crippen LogP contribution >= 0.6 is 23.5 Å². The first-order valence-electron chi connectivity index (χ1n) is 28.9. The van der Waals surface area contributed by atoms with Crippen molar-refractivity contribution >= 4 is 70.9 Å². The molecule has 28 heteroatoms. The summed E-state index contributed by atoms with van der Waals surface area (Å²) in [5.74, 6) is -6.22. The molecule has 2 aliphatic rings. The number of ether oxygens (including phenoxy) is 4. The first-order chi connectivity index (χ1) is 43.0. The molecule has 486 valence electrons. The fraction of sp³-hybridized carbons (Fsp3) is 0.452. The fourth-order valence-corrected chi connectivity index (χ4v) is 11.3. The zero-order valence-corrected chi connectivity index (χ0v) is 51.0. The van der Waals surface area contributed by atoms with Crippen molar-refractivity contribution in [1.82, 2.24) is 31.9 Å². The summed E-state index contributed by atoms with van der Waals surface area (Å²) in [4.78, 5) is 100. The third-order valence-corrected chi connectivity index (χ3v) is 16.5. The molecular weight excluding hydrogens is 1210 g/mol. The zero-order valence-electron chi connectivity index (χ0n) is 49.4. The van der Waals surface area contributed by atoms with Crippen LogP contribution in [0.25, 0.3) is 22.3 Å². The van der Waals surface area contributed by atoms with Crippen LogP contribution in [0.3, 0.4) is 0 Å². The normalized spacial score (nSPS) is 22.6. The topological polar surface area (TPSA) is 408 Å². The minimum absolute atomic E-state index is 0.153. The van der Waals surface area contributed by atoms with E-state index in [2.05, 4.69) is 43.7 Å². The number of rotatable bonds is 32. The number of aliphatic hydroxyl groups excluding tert-OH is 6. The van der Waals surface area contributed by atoms with Crippen LogP contribution < -0.4 is 31.9 Å². The maximum atomic E-state index is 13.0. The molecule has 2 unspecified atom stereocenters. The zero-order chi connectivity index (χ0) is 65.4. The lowest BCUT2D eigenvalue weighted by Gasteiger charge is -2.46. The van der Waals surface area contributed by atoms with E-state index in [1.165, 1.54) is 23.5 Å². The summed E-state index contributed by atoms with van der Waals surface area (Å²) >= 11 is 2.72. The van der Waals surface area contributed by atoms with Crippen molar-refractivity contribution in [3.05, 3.63) is 120 Å². The van der Waals surface area contributed by atoms with Gasteiger partial charge in [-0.25, -0.2) is 9.59 Å². The maximum absolute atomic E-state index is 13.0. The number of carbonyl (C=O) groups is 8. The first-order valence-corrected chi connectivity index (χ1v) is 31.2. The van der Waals surface area contributed by atoms with Gasteiger partial charge in [-0.05, 0) is 70.9 Å². The molecule has 6 rings (SSSR count). The number of aliphatic carboxylic acids is 2. The molecule has 2 aliphatic heterocycles. The highest BCUT2D eigenvalue weighted by Crippen LogP contribution is 2.36. The molecule has 0 saturated carbocycles. The van der Waals surface area contributed by atoms with Crippen LogP contribution in [0.1, 0.15) is 60.2 Å². The van der Waals surface area contributed by atoms with Gasteiger partial charge in [0.1, 0.15) is 24.4 Å². The molecular formula is C62H76N6O20S2. The maximum Gasteiger partial charge on any atom is 0.364 e. The number of carbonyl (C=O) groups excluding carboxylic acids is 6. The second-order valence-electron chi connectivity index (χ2n) is 21.1. The van der Waals surface area contributed by atoms with Crippen molar-refractivity contribution in [3.8, 4) is 34.1 Å². The Labute approximate surface area is 527 Å². The van der Waals surface area contributed by atoms with E-state index in [-0.39, 0.29) is 50.3 Å². The van der Waals surface area contributed by atoms with Crippen LogP contribution in [0.2, 0.25) is 0 Å². The highest BCUT2D eigenvalue weighted by molar-refractivity contribution is 7.99. The molecule has 90 heavy (non-hydrogen) atoms. The van der Waals surface area contributed by atoms with E-state index in [4.69, 9.17) is 18.9 Å². The molecule has 0 aromatic heterocycles. The van der Waals surface area contributed by atoms with Crippen LogP contribution in [0.5, 0.6) is 0 Å². The van der Waals surface area contributed by atoms with E-state index in [1.54, 1.807) is 48.5 Å². The lowest BCUT2D eigenvalue weighted by molar-refractivity contribution is -0.310. The van der Waals surface area contributed by atoms with E-state index in [9.17, 15) is 79.2 Å². The molecule has 0 radical (unpaired) electrons. The van der Waals surface area contributed by atoms with Gasteiger partial charge in [-0.1, -0.05) is 84.9 Å². The van der Waals surface area contributed by atoms with Gasteiger partial charge in [-0.3, -0.25) is 28.8 Å². The van der Waals surface area contributed by atoms with E-state index < -0.39 is 146 Å². The summed E-state index contributed by atoms with van der Waals surface area (Å²) in [7, 11) is 0. The Bertz CT molecular complexity index is 2900. The molecule has 0 spiro atoms. The monoisotopic (exact) mass is 1290 g/mol. The number of benzene rings is 4. The summed E-state index contributed by atoms with van der Waals surface area (Å²) in [5, 5.41) is 102. The smallest absolute Gasteiger partial charge is 0.364 e. The highest BCUT2D eigenvalue weighted by Gasteiger charge is 2.57. The highest BCUT2D eigenvalue weighted by atomic mass is 32.2. The Kier molecular flexibility index (Phi) is 28.0. The van der Waals surface area contributed by atoms with Gasteiger partial charge in [0.2, 0.25) is 11.8 Å². The summed E-state index contributed by atoms with van der Waals surface area (Å²) in [6.45, 7) is 1.13. The van der Waals surface area contributed by atoms with Gasteiger partial charge in [0.05, 0.1) is 49.7 Å². The third kappa shape index (κ3) is 21.0. The lowest BCUT2D eigenvalue weighted by atomic mass is 9.88. The second kappa shape index (κ2) is 35.2. The number of amides is 6. The number of carboxylic acids is 2. The largest absolute Gasteiger partial charge is 0.477 e. The number of nitrogens with one attached hydrogen (secondary N) is 6. The summed E-state index contributed by atoms with van der Waals surface area (Å²) < 4.78 is 23.0.